The molecule has 0 saturated heterocycles. The molecule has 25 heavy (non-hydrogen) atoms. The molecule has 1 N–H and O–H groups in total. The summed E-state index contributed by atoms with van der Waals surface area (Å²) in [6.45, 7) is 4.45. The molecule has 0 bridgehead atoms. The number of nitrogens with one attached hydrogen (secondary N) is 1. The van der Waals surface area contributed by atoms with Gasteiger partial charge in [-0.05, 0) is 31.4 Å². The molecule has 0 unspecified atom stereocenters. The molecule has 0 saturated carbocycles. The second-order valence-electron chi connectivity index (χ2n) is 5.71. The standard InChI is InChI=1S/C17H19N5O2S/c1-12-13(2)19-11-21(17(12)24)9-16(23)18-5-7-22-6-3-15(20-22)14-4-8-25-10-14/h3-4,6,8,10-11H,5,7,9H2,1-2H3,(H,18,23). The van der Waals surface area contributed by atoms with Gasteiger partial charge >= 0.3 is 0 Å². The number of hydrogen-bond acceptors (Lipinski definition) is 5. The van der Waals surface area contributed by atoms with Gasteiger partial charge in [-0.25, -0.2) is 4.98 Å². The Morgan fingerprint density at radius 2 is 2.16 bits per heavy atom. The van der Waals surface area contributed by atoms with Crippen molar-refractivity contribution in [3.05, 3.63) is 57.0 Å². The maximum atomic E-state index is 12.1. The van der Waals surface area contributed by atoms with Gasteiger partial charge in [-0.15, -0.1) is 0 Å². The lowest BCUT2D eigenvalue weighted by molar-refractivity contribution is -0.121. The van der Waals surface area contributed by atoms with E-state index in [-0.39, 0.29) is 18.0 Å². The molecular formula is C17H19N5O2S. The molecule has 0 fully saturated rings. The van der Waals surface area contributed by atoms with Crippen molar-refractivity contribution in [2.75, 3.05) is 6.54 Å². The van der Waals surface area contributed by atoms with E-state index in [4.69, 9.17) is 0 Å². The number of rotatable bonds is 6. The SMILES string of the molecule is Cc1ncn(CC(=O)NCCn2ccc(-c3ccsc3)n2)c(=O)c1C. The lowest BCUT2D eigenvalue weighted by Crippen LogP contribution is -2.35. The Labute approximate surface area is 149 Å². The van der Waals surface area contributed by atoms with Crippen LogP contribution in [0.4, 0.5) is 0 Å². The van der Waals surface area contributed by atoms with Gasteiger partial charge in [0.1, 0.15) is 6.54 Å². The monoisotopic (exact) mass is 357 g/mol. The van der Waals surface area contributed by atoms with Crippen LogP contribution < -0.4 is 10.9 Å². The largest absolute Gasteiger partial charge is 0.353 e. The molecule has 3 aromatic rings. The first-order chi connectivity index (χ1) is 12.0. The molecule has 3 rings (SSSR count). The fraction of sp³-hybridized carbons (Fsp3) is 0.294. The molecule has 1 amide bonds. The highest BCUT2D eigenvalue weighted by Crippen LogP contribution is 2.19. The highest BCUT2D eigenvalue weighted by Gasteiger charge is 2.08. The molecule has 0 aliphatic carbocycles. The summed E-state index contributed by atoms with van der Waals surface area (Å²) in [5.74, 6) is -0.225. The third kappa shape index (κ3) is 4.03. The van der Waals surface area contributed by atoms with Crippen molar-refractivity contribution in [3.8, 4) is 11.3 Å². The fourth-order valence-corrected chi connectivity index (χ4v) is 3.01. The summed E-state index contributed by atoms with van der Waals surface area (Å²) in [4.78, 5) is 28.2. The smallest absolute Gasteiger partial charge is 0.256 e. The Morgan fingerprint density at radius 3 is 2.92 bits per heavy atom. The summed E-state index contributed by atoms with van der Waals surface area (Å²) in [5, 5.41) is 11.3. The number of carbonyl (C=O) groups excluding carboxylic acids is 1. The Hall–Kier alpha value is -2.74. The van der Waals surface area contributed by atoms with Crippen LogP contribution in [0, 0.1) is 13.8 Å². The van der Waals surface area contributed by atoms with Crippen molar-refractivity contribution in [2.24, 2.45) is 0 Å². The Morgan fingerprint density at radius 1 is 1.32 bits per heavy atom. The van der Waals surface area contributed by atoms with Crippen molar-refractivity contribution in [1.29, 1.82) is 0 Å². The summed E-state index contributed by atoms with van der Waals surface area (Å²) in [7, 11) is 0. The summed E-state index contributed by atoms with van der Waals surface area (Å²) in [6.07, 6.45) is 3.29. The highest BCUT2D eigenvalue weighted by atomic mass is 32.1. The molecule has 0 aliphatic rings. The van der Waals surface area contributed by atoms with Gasteiger partial charge in [0.25, 0.3) is 5.56 Å². The van der Waals surface area contributed by atoms with E-state index in [2.05, 4.69) is 15.4 Å². The van der Waals surface area contributed by atoms with Crippen molar-refractivity contribution in [2.45, 2.75) is 26.9 Å². The molecule has 0 aliphatic heterocycles. The van der Waals surface area contributed by atoms with Gasteiger partial charge in [0.15, 0.2) is 0 Å². The normalized spacial score (nSPS) is 10.8. The minimum atomic E-state index is -0.225. The molecule has 0 atom stereocenters. The van der Waals surface area contributed by atoms with Crippen molar-refractivity contribution in [3.63, 3.8) is 0 Å². The van der Waals surface area contributed by atoms with Gasteiger partial charge in [0.2, 0.25) is 5.91 Å². The van der Waals surface area contributed by atoms with Crippen molar-refractivity contribution < 1.29 is 4.79 Å². The minimum absolute atomic E-state index is 0.0355. The Bertz CT molecular complexity index is 927. The average molecular weight is 357 g/mol. The Balaban J connectivity index is 1.52. The first kappa shape index (κ1) is 17.1. The number of nitrogens with zero attached hydrogens (tertiary/aromatic N) is 4. The number of aromatic nitrogens is 4. The van der Waals surface area contributed by atoms with Crippen molar-refractivity contribution in [1.82, 2.24) is 24.6 Å². The third-order valence-corrected chi connectivity index (χ3v) is 4.63. The number of aryl methyl sites for hydroxylation is 1. The van der Waals surface area contributed by atoms with Crippen LogP contribution in [0.1, 0.15) is 11.3 Å². The first-order valence-electron chi connectivity index (χ1n) is 7.90. The summed E-state index contributed by atoms with van der Waals surface area (Å²) < 4.78 is 3.11. The molecular weight excluding hydrogens is 338 g/mol. The van der Waals surface area contributed by atoms with Crippen LogP contribution >= 0.6 is 11.3 Å². The molecule has 0 aromatic carbocycles. The van der Waals surface area contributed by atoms with Gasteiger partial charge in [0, 0.05) is 34.9 Å². The summed E-state index contributed by atoms with van der Waals surface area (Å²) in [6, 6.07) is 3.97. The van der Waals surface area contributed by atoms with E-state index in [1.54, 1.807) is 29.9 Å². The quantitative estimate of drug-likeness (QED) is 0.726. The zero-order chi connectivity index (χ0) is 17.8. The van der Waals surface area contributed by atoms with Crippen LogP contribution in [0.2, 0.25) is 0 Å². The fourth-order valence-electron chi connectivity index (χ4n) is 2.36. The molecule has 8 heteroatoms. The maximum absolute atomic E-state index is 12.1. The van der Waals surface area contributed by atoms with Crippen LogP contribution in [0.5, 0.6) is 0 Å². The lowest BCUT2D eigenvalue weighted by Gasteiger charge is -2.08. The van der Waals surface area contributed by atoms with E-state index in [0.717, 1.165) is 11.3 Å². The van der Waals surface area contributed by atoms with E-state index >= 15 is 0 Å². The summed E-state index contributed by atoms with van der Waals surface area (Å²) in [5.41, 5.74) is 3.07. The lowest BCUT2D eigenvalue weighted by atomic mass is 10.2. The van der Waals surface area contributed by atoms with Gasteiger partial charge in [-0.2, -0.15) is 16.4 Å². The number of hydrogen-bond donors (Lipinski definition) is 1. The zero-order valence-electron chi connectivity index (χ0n) is 14.1. The Kier molecular flexibility index (Phi) is 5.08. The minimum Gasteiger partial charge on any atom is -0.353 e. The first-order valence-corrected chi connectivity index (χ1v) is 8.84. The van der Waals surface area contributed by atoms with Crippen LogP contribution in [-0.4, -0.2) is 31.8 Å². The second kappa shape index (κ2) is 7.43. The predicted molar refractivity (Wildman–Crippen MR) is 96.5 cm³/mol. The van der Waals surface area contributed by atoms with Crippen LogP contribution in [-0.2, 0) is 17.9 Å². The van der Waals surface area contributed by atoms with Crippen molar-refractivity contribution >= 4 is 17.2 Å². The van der Waals surface area contributed by atoms with Gasteiger partial charge in [-0.1, -0.05) is 0 Å². The number of amides is 1. The van der Waals surface area contributed by atoms with Gasteiger partial charge in [-0.3, -0.25) is 18.8 Å². The van der Waals surface area contributed by atoms with Gasteiger partial charge < -0.3 is 5.32 Å². The molecule has 0 radical (unpaired) electrons. The maximum Gasteiger partial charge on any atom is 0.256 e. The summed E-state index contributed by atoms with van der Waals surface area (Å²) >= 11 is 1.63. The van der Waals surface area contributed by atoms with E-state index in [1.165, 1.54) is 10.9 Å². The average Bonchev–Trinajstić information content (AvgIpc) is 3.26. The van der Waals surface area contributed by atoms with Crippen LogP contribution in [0.3, 0.4) is 0 Å². The molecule has 7 nitrogen and oxygen atoms in total. The second-order valence-corrected chi connectivity index (χ2v) is 6.49. The van der Waals surface area contributed by atoms with E-state index < -0.39 is 0 Å². The third-order valence-electron chi connectivity index (χ3n) is 3.95. The van der Waals surface area contributed by atoms with E-state index in [1.807, 2.05) is 29.1 Å². The number of carbonyl (C=O) groups is 1. The number of thiophene rings is 1. The zero-order valence-corrected chi connectivity index (χ0v) is 14.9. The van der Waals surface area contributed by atoms with Gasteiger partial charge in [0.05, 0.1) is 18.6 Å². The van der Waals surface area contributed by atoms with Crippen LogP contribution in [0.15, 0.2) is 40.2 Å². The molecule has 3 aromatic heterocycles. The molecule has 130 valence electrons. The molecule has 0 spiro atoms. The van der Waals surface area contributed by atoms with E-state index in [9.17, 15) is 9.59 Å². The van der Waals surface area contributed by atoms with E-state index in [0.29, 0.717) is 24.3 Å². The molecule has 3 heterocycles. The highest BCUT2D eigenvalue weighted by molar-refractivity contribution is 7.08. The predicted octanol–water partition coefficient (Wildman–Crippen LogP) is 1.60. The van der Waals surface area contributed by atoms with Crippen LogP contribution in [0.25, 0.3) is 11.3 Å². The topological polar surface area (TPSA) is 81.8 Å².